The number of ether oxygens (including phenoxy) is 2. The highest BCUT2D eigenvalue weighted by molar-refractivity contribution is 6.39. The van der Waals surface area contributed by atoms with Gasteiger partial charge in [-0.15, -0.1) is 0 Å². The maximum atomic E-state index is 12.3. The second-order valence-electron chi connectivity index (χ2n) is 7.03. The number of rotatable bonds is 6. The van der Waals surface area contributed by atoms with Gasteiger partial charge in [-0.3, -0.25) is 14.5 Å². The third kappa shape index (κ3) is 5.71. The van der Waals surface area contributed by atoms with Gasteiger partial charge in [-0.25, -0.2) is 0 Å². The van der Waals surface area contributed by atoms with E-state index < -0.39 is 11.8 Å². The molecule has 0 unspecified atom stereocenters. The van der Waals surface area contributed by atoms with Crippen LogP contribution in [0.15, 0.2) is 48.5 Å². The Bertz CT molecular complexity index is 833. The lowest BCUT2D eigenvalue weighted by Gasteiger charge is -2.32. The van der Waals surface area contributed by atoms with Gasteiger partial charge >= 0.3 is 11.8 Å². The summed E-state index contributed by atoms with van der Waals surface area (Å²) < 4.78 is 10.4. The molecular weight excluding hydrogens is 370 g/mol. The zero-order valence-electron chi connectivity index (χ0n) is 16.8. The minimum absolute atomic E-state index is 0.00696. The Labute approximate surface area is 171 Å². The quantitative estimate of drug-likeness (QED) is 0.732. The lowest BCUT2D eigenvalue weighted by molar-refractivity contribution is -0.136. The number of likely N-dealkylation sites (tertiary alicyclic amines) is 1. The minimum atomic E-state index is -0.719. The van der Waals surface area contributed by atoms with Gasteiger partial charge in [0.2, 0.25) is 0 Å². The first-order valence-corrected chi connectivity index (χ1v) is 9.69. The van der Waals surface area contributed by atoms with Crippen LogP contribution in [0, 0.1) is 0 Å². The molecule has 29 heavy (non-hydrogen) atoms. The summed E-state index contributed by atoms with van der Waals surface area (Å²) in [6.07, 6.45) is 1.63. The lowest BCUT2D eigenvalue weighted by atomic mass is 10.0. The number of nitrogens with zero attached hydrogens (tertiary/aromatic N) is 1. The predicted octanol–water partition coefficient (Wildman–Crippen LogP) is 2.42. The molecule has 2 N–H and O–H groups in total. The van der Waals surface area contributed by atoms with Gasteiger partial charge < -0.3 is 20.1 Å². The second-order valence-corrected chi connectivity index (χ2v) is 7.03. The summed E-state index contributed by atoms with van der Waals surface area (Å²) in [7, 11) is 3.03. The SMILES string of the molecule is COc1ccc(OC)c(NC(=O)C(=O)NC2CCN(Cc3ccccc3)CC2)c1. The summed E-state index contributed by atoms with van der Waals surface area (Å²) in [5.41, 5.74) is 1.67. The van der Waals surface area contributed by atoms with Gasteiger partial charge in [0, 0.05) is 31.7 Å². The molecule has 1 aliphatic heterocycles. The summed E-state index contributed by atoms with van der Waals surface area (Å²) >= 11 is 0. The second kappa shape index (κ2) is 9.93. The molecule has 0 bridgehead atoms. The fourth-order valence-corrected chi connectivity index (χ4v) is 3.42. The number of amides is 2. The molecule has 7 heteroatoms. The number of anilines is 1. The largest absolute Gasteiger partial charge is 0.497 e. The number of methoxy groups -OCH3 is 2. The standard InChI is InChI=1S/C22H27N3O4/c1-28-18-8-9-20(29-2)19(14-18)24-22(27)21(26)23-17-10-12-25(13-11-17)15-16-6-4-3-5-7-16/h3-9,14,17H,10-13,15H2,1-2H3,(H,23,26)(H,24,27). The van der Waals surface area contributed by atoms with Gasteiger partial charge in [0.25, 0.3) is 0 Å². The van der Waals surface area contributed by atoms with E-state index in [9.17, 15) is 9.59 Å². The first kappa shape index (κ1) is 20.7. The Morgan fingerprint density at radius 1 is 1.00 bits per heavy atom. The summed E-state index contributed by atoms with van der Waals surface area (Å²) in [6.45, 7) is 2.66. The van der Waals surface area contributed by atoms with Crippen molar-refractivity contribution in [1.29, 1.82) is 0 Å². The number of carbonyl (C=O) groups is 2. The fraction of sp³-hybridized carbons (Fsp3) is 0.364. The van der Waals surface area contributed by atoms with Crippen molar-refractivity contribution in [2.24, 2.45) is 0 Å². The van der Waals surface area contributed by atoms with Crippen LogP contribution in [0.4, 0.5) is 5.69 Å². The summed E-state index contributed by atoms with van der Waals surface area (Å²) in [4.78, 5) is 27.0. The molecule has 2 aromatic carbocycles. The maximum Gasteiger partial charge on any atom is 0.313 e. The first-order valence-electron chi connectivity index (χ1n) is 9.69. The van der Waals surface area contributed by atoms with E-state index in [1.165, 1.54) is 19.8 Å². The Kier molecular flexibility index (Phi) is 7.08. The Balaban J connectivity index is 1.49. The normalized spacial score (nSPS) is 14.8. The predicted molar refractivity (Wildman–Crippen MR) is 111 cm³/mol. The van der Waals surface area contributed by atoms with Gasteiger partial charge in [-0.1, -0.05) is 30.3 Å². The average Bonchev–Trinajstić information content (AvgIpc) is 2.75. The van der Waals surface area contributed by atoms with E-state index in [0.717, 1.165) is 32.5 Å². The molecule has 0 aliphatic carbocycles. The van der Waals surface area contributed by atoms with Crippen molar-refractivity contribution in [1.82, 2.24) is 10.2 Å². The Morgan fingerprint density at radius 2 is 1.72 bits per heavy atom. The maximum absolute atomic E-state index is 12.3. The minimum Gasteiger partial charge on any atom is -0.497 e. The van der Waals surface area contributed by atoms with Crippen LogP contribution in [-0.4, -0.2) is 50.1 Å². The molecular formula is C22H27N3O4. The highest BCUT2D eigenvalue weighted by atomic mass is 16.5. The van der Waals surface area contributed by atoms with Crippen molar-refractivity contribution in [2.45, 2.75) is 25.4 Å². The third-order valence-electron chi connectivity index (χ3n) is 5.03. The number of nitrogens with one attached hydrogen (secondary N) is 2. The lowest BCUT2D eigenvalue weighted by Crippen LogP contribution is -2.47. The molecule has 0 atom stereocenters. The number of carbonyl (C=O) groups excluding carboxylic acids is 2. The molecule has 1 saturated heterocycles. The van der Waals surface area contributed by atoms with E-state index in [1.807, 2.05) is 18.2 Å². The van der Waals surface area contributed by atoms with Crippen LogP contribution in [0.1, 0.15) is 18.4 Å². The van der Waals surface area contributed by atoms with E-state index in [0.29, 0.717) is 17.2 Å². The van der Waals surface area contributed by atoms with Crippen molar-refractivity contribution < 1.29 is 19.1 Å². The van der Waals surface area contributed by atoms with Crippen molar-refractivity contribution in [3.8, 4) is 11.5 Å². The van der Waals surface area contributed by atoms with E-state index in [2.05, 4.69) is 27.7 Å². The van der Waals surface area contributed by atoms with Crippen molar-refractivity contribution in [2.75, 3.05) is 32.6 Å². The van der Waals surface area contributed by atoms with E-state index in [-0.39, 0.29) is 6.04 Å². The molecule has 2 aromatic rings. The van der Waals surface area contributed by atoms with Crippen LogP contribution in [0.2, 0.25) is 0 Å². The fourth-order valence-electron chi connectivity index (χ4n) is 3.42. The zero-order chi connectivity index (χ0) is 20.6. The molecule has 7 nitrogen and oxygen atoms in total. The van der Waals surface area contributed by atoms with Crippen LogP contribution in [0.25, 0.3) is 0 Å². The summed E-state index contributed by atoms with van der Waals surface area (Å²) in [5, 5.41) is 5.44. The van der Waals surface area contributed by atoms with Gasteiger partial charge in [-0.2, -0.15) is 0 Å². The zero-order valence-corrected chi connectivity index (χ0v) is 16.8. The topological polar surface area (TPSA) is 79.9 Å². The molecule has 0 aromatic heterocycles. The molecule has 1 heterocycles. The molecule has 1 aliphatic rings. The number of benzene rings is 2. The monoisotopic (exact) mass is 397 g/mol. The van der Waals surface area contributed by atoms with Crippen molar-refractivity contribution in [3.63, 3.8) is 0 Å². The van der Waals surface area contributed by atoms with E-state index >= 15 is 0 Å². The molecule has 3 rings (SSSR count). The van der Waals surface area contributed by atoms with E-state index in [1.54, 1.807) is 18.2 Å². The van der Waals surface area contributed by atoms with Gasteiger partial charge in [-0.05, 0) is 30.5 Å². The summed E-state index contributed by atoms with van der Waals surface area (Å²) in [6, 6.07) is 15.3. The average molecular weight is 397 g/mol. The van der Waals surface area contributed by atoms with Crippen LogP contribution >= 0.6 is 0 Å². The van der Waals surface area contributed by atoms with Crippen LogP contribution in [-0.2, 0) is 16.1 Å². The molecule has 0 saturated carbocycles. The molecule has 1 fully saturated rings. The smallest absolute Gasteiger partial charge is 0.313 e. The molecule has 0 radical (unpaired) electrons. The number of piperidine rings is 1. The van der Waals surface area contributed by atoms with E-state index in [4.69, 9.17) is 9.47 Å². The van der Waals surface area contributed by atoms with Gasteiger partial charge in [0.05, 0.1) is 19.9 Å². The van der Waals surface area contributed by atoms with Crippen LogP contribution in [0.5, 0.6) is 11.5 Å². The molecule has 0 spiro atoms. The van der Waals surface area contributed by atoms with Crippen molar-refractivity contribution in [3.05, 3.63) is 54.1 Å². The third-order valence-corrected chi connectivity index (χ3v) is 5.03. The van der Waals surface area contributed by atoms with Gasteiger partial charge in [0.15, 0.2) is 0 Å². The highest BCUT2D eigenvalue weighted by Crippen LogP contribution is 2.28. The summed E-state index contributed by atoms with van der Waals surface area (Å²) in [5.74, 6) is -0.340. The highest BCUT2D eigenvalue weighted by Gasteiger charge is 2.24. The number of hydrogen-bond acceptors (Lipinski definition) is 5. The Hall–Kier alpha value is -3.06. The first-order chi connectivity index (χ1) is 14.1. The van der Waals surface area contributed by atoms with Gasteiger partial charge in [0.1, 0.15) is 11.5 Å². The van der Waals surface area contributed by atoms with Crippen molar-refractivity contribution >= 4 is 17.5 Å². The molecule has 154 valence electrons. The molecule has 2 amide bonds. The number of hydrogen-bond donors (Lipinski definition) is 2. The Morgan fingerprint density at radius 3 is 2.38 bits per heavy atom. The van der Waals surface area contributed by atoms with Crippen LogP contribution < -0.4 is 20.1 Å². The van der Waals surface area contributed by atoms with Crippen LogP contribution in [0.3, 0.4) is 0 Å².